The minimum Gasteiger partial charge on any atom is -0.468 e. The maximum atomic E-state index is 12.0. The lowest BCUT2D eigenvalue weighted by molar-refractivity contribution is -0.151. The van der Waals surface area contributed by atoms with E-state index in [9.17, 15) is 4.79 Å². The number of ether oxygens (including phenoxy) is 1. The maximum absolute atomic E-state index is 12.0. The number of furan rings is 1. The molecule has 19 heavy (non-hydrogen) atoms. The first-order valence-electron chi connectivity index (χ1n) is 6.36. The Morgan fingerprint density at radius 2 is 2.26 bits per heavy atom. The number of aromatic amines is 1. The predicted molar refractivity (Wildman–Crippen MR) is 68.6 cm³/mol. The highest BCUT2D eigenvalue weighted by molar-refractivity contribution is 5.83. The van der Waals surface area contributed by atoms with Crippen LogP contribution in [-0.4, -0.2) is 23.0 Å². The number of hydrogen-bond acceptors (Lipinski definition) is 4. The average Bonchev–Trinajstić information content (AvgIpc) is 2.96. The molecule has 0 unspecified atom stereocenters. The minimum absolute atomic E-state index is 0.213. The smallest absolute Gasteiger partial charge is 0.319 e. The Labute approximate surface area is 111 Å². The Balaban J connectivity index is 1.94. The van der Waals surface area contributed by atoms with Crippen LogP contribution in [0.15, 0.2) is 22.7 Å². The molecule has 0 aromatic carbocycles. The van der Waals surface area contributed by atoms with E-state index in [1.54, 1.807) is 6.20 Å². The highest BCUT2D eigenvalue weighted by Crippen LogP contribution is 2.43. The molecule has 2 aromatic rings. The van der Waals surface area contributed by atoms with Crippen molar-refractivity contribution in [3.05, 3.63) is 29.9 Å². The van der Waals surface area contributed by atoms with E-state index in [-0.39, 0.29) is 5.97 Å². The summed E-state index contributed by atoms with van der Waals surface area (Å²) < 4.78 is 10.5. The van der Waals surface area contributed by atoms with Gasteiger partial charge < -0.3 is 14.1 Å². The number of rotatable bonds is 3. The Morgan fingerprint density at radius 1 is 1.47 bits per heavy atom. The molecule has 0 bridgehead atoms. The van der Waals surface area contributed by atoms with Crippen LogP contribution in [0.2, 0.25) is 0 Å². The van der Waals surface area contributed by atoms with Gasteiger partial charge in [0.1, 0.15) is 22.7 Å². The number of aryl methyl sites for hydroxylation is 1. The summed E-state index contributed by atoms with van der Waals surface area (Å²) in [5, 5.41) is 0. The molecule has 1 aliphatic carbocycles. The first-order valence-corrected chi connectivity index (χ1v) is 6.36. The molecule has 3 rings (SSSR count). The van der Waals surface area contributed by atoms with Crippen LogP contribution in [0.25, 0.3) is 11.5 Å². The van der Waals surface area contributed by atoms with E-state index in [1.165, 1.54) is 7.11 Å². The van der Waals surface area contributed by atoms with E-state index in [1.807, 2.05) is 19.1 Å². The fraction of sp³-hybridized carbons (Fsp3) is 0.429. The van der Waals surface area contributed by atoms with E-state index in [2.05, 4.69) is 9.97 Å². The van der Waals surface area contributed by atoms with Crippen LogP contribution >= 0.6 is 0 Å². The summed E-state index contributed by atoms with van der Waals surface area (Å²) in [5.74, 6) is 2.04. The maximum Gasteiger partial charge on any atom is 0.319 e. The van der Waals surface area contributed by atoms with Gasteiger partial charge in [-0.3, -0.25) is 4.79 Å². The van der Waals surface area contributed by atoms with Crippen LogP contribution in [-0.2, 0) is 14.9 Å². The number of aromatic nitrogens is 2. The molecule has 0 spiro atoms. The number of methoxy groups -OCH3 is 1. The zero-order valence-electron chi connectivity index (χ0n) is 11.0. The fourth-order valence-corrected chi connectivity index (χ4v) is 2.53. The van der Waals surface area contributed by atoms with Crippen molar-refractivity contribution >= 4 is 5.97 Å². The van der Waals surface area contributed by atoms with Crippen molar-refractivity contribution in [1.82, 2.24) is 9.97 Å². The lowest BCUT2D eigenvalue weighted by Crippen LogP contribution is -2.44. The van der Waals surface area contributed by atoms with Gasteiger partial charge in [0, 0.05) is 0 Å². The normalized spacial score (nSPS) is 16.9. The van der Waals surface area contributed by atoms with Gasteiger partial charge in [0.15, 0.2) is 5.76 Å². The summed E-state index contributed by atoms with van der Waals surface area (Å²) in [5.41, 5.74) is 0.201. The Hall–Kier alpha value is -2.04. The monoisotopic (exact) mass is 260 g/mol. The molecular weight excluding hydrogens is 244 g/mol. The fourth-order valence-electron chi connectivity index (χ4n) is 2.53. The molecule has 0 amide bonds. The van der Waals surface area contributed by atoms with E-state index in [4.69, 9.17) is 9.15 Å². The van der Waals surface area contributed by atoms with E-state index < -0.39 is 5.41 Å². The lowest BCUT2D eigenvalue weighted by Gasteiger charge is -2.36. The third-order valence-corrected chi connectivity index (χ3v) is 3.82. The Morgan fingerprint density at radius 3 is 2.79 bits per heavy atom. The number of hydrogen-bond donors (Lipinski definition) is 1. The van der Waals surface area contributed by atoms with Crippen molar-refractivity contribution in [2.24, 2.45) is 0 Å². The van der Waals surface area contributed by atoms with Gasteiger partial charge in [-0.2, -0.15) is 0 Å². The molecule has 0 atom stereocenters. The molecule has 1 saturated carbocycles. The number of H-pyrrole nitrogens is 1. The van der Waals surface area contributed by atoms with Crippen LogP contribution < -0.4 is 0 Å². The van der Waals surface area contributed by atoms with Crippen molar-refractivity contribution in [2.75, 3.05) is 7.11 Å². The topological polar surface area (TPSA) is 68.1 Å². The summed E-state index contributed by atoms with van der Waals surface area (Å²) in [6.45, 7) is 1.89. The van der Waals surface area contributed by atoms with Gasteiger partial charge in [-0.1, -0.05) is 6.42 Å². The third-order valence-electron chi connectivity index (χ3n) is 3.82. The van der Waals surface area contributed by atoms with Gasteiger partial charge >= 0.3 is 5.97 Å². The van der Waals surface area contributed by atoms with Crippen LogP contribution in [0.4, 0.5) is 0 Å². The Kier molecular flexibility index (Phi) is 2.69. The summed E-state index contributed by atoms with van der Waals surface area (Å²) in [7, 11) is 1.42. The molecule has 1 fully saturated rings. The standard InChI is InChI=1S/C14H16N2O3/c1-9-4-5-11(19-9)10-8-15-12(16-10)14(6-3-7-14)13(17)18-2/h4-5,8H,3,6-7H2,1-2H3,(H,15,16). The van der Waals surface area contributed by atoms with Crippen molar-refractivity contribution < 1.29 is 13.9 Å². The quantitative estimate of drug-likeness (QED) is 0.861. The van der Waals surface area contributed by atoms with Crippen molar-refractivity contribution in [3.63, 3.8) is 0 Å². The second-order valence-electron chi connectivity index (χ2n) is 4.98. The van der Waals surface area contributed by atoms with Gasteiger partial charge in [-0.05, 0) is 31.9 Å². The van der Waals surface area contributed by atoms with Crippen molar-refractivity contribution in [2.45, 2.75) is 31.6 Å². The average molecular weight is 260 g/mol. The molecular formula is C14H16N2O3. The molecule has 0 saturated heterocycles. The minimum atomic E-state index is -0.589. The van der Waals surface area contributed by atoms with Gasteiger partial charge in [0.05, 0.1) is 13.3 Å². The first kappa shape index (κ1) is 12.0. The SMILES string of the molecule is COC(=O)C1(c2ncc(-c3ccc(C)o3)[nH]2)CCC1. The molecule has 5 nitrogen and oxygen atoms in total. The van der Waals surface area contributed by atoms with Gasteiger partial charge in [-0.15, -0.1) is 0 Å². The zero-order valence-corrected chi connectivity index (χ0v) is 11.0. The summed E-state index contributed by atoms with van der Waals surface area (Å²) >= 11 is 0. The first-order chi connectivity index (χ1) is 9.15. The molecule has 0 aliphatic heterocycles. The summed E-state index contributed by atoms with van der Waals surface area (Å²) in [4.78, 5) is 19.5. The van der Waals surface area contributed by atoms with Gasteiger partial charge in [0.2, 0.25) is 0 Å². The van der Waals surface area contributed by atoms with Crippen molar-refractivity contribution in [1.29, 1.82) is 0 Å². The third kappa shape index (κ3) is 1.77. The zero-order chi connectivity index (χ0) is 13.5. The second kappa shape index (κ2) is 4.26. The lowest BCUT2D eigenvalue weighted by atomic mass is 9.68. The second-order valence-corrected chi connectivity index (χ2v) is 4.98. The molecule has 2 aromatic heterocycles. The number of carbonyl (C=O) groups excluding carboxylic acids is 1. The van der Waals surface area contributed by atoms with Gasteiger partial charge in [0.25, 0.3) is 0 Å². The number of carbonyl (C=O) groups is 1. The highest BCUT2D eigenvalue weighted by Gasteiger charge is 2.49. The van der Waals surface area contributed by atoms with E-state index >= 15 is 0 Å². The molecule has 1 N–H and O–H groups in total. The predicted octanol–water partition coefficient (Wildman–Crippen LogP) is 2.57. The van der Waals surface area contributed by atoms with Crippen LogP contribution in [0.3, 0.4) is 0 Å². The molecule has 100 valence electrons. The van der Waals surface area contributed by atoms with Crippen LogP contribution in [0.5, 0.6) is 0 Å². The molecule has 0 radical (unpaired) electrons. The number of nitrogens with one attached hydrogen (secondary N) is 1. The summed E-state index contributed by atoms with van der Waals surface area (Å²) in [6, 6.07) is 3.79. The van der Waals surface area contributed by atoms with E-state index in [0.29, 0.717) is 5.82 Å². The number of esters is 1. The highest BCUT2D eigenvalue weighted by atomic mass is 16.5. The number of nitrogens with zero attached hydrogens (tertiary/aromatic N) is 1. The van der Waals surface area contributed by atoms with Gasteiger partial charge in [-0.25, -0.2) is 4.98 Å². The largest absolute Gasteiger partial charge is 0.468 e. The molecule has 1 aliphatic rings. The number of imidazole rings is 1. The van der Waals surface area contributed by atoms with Crippen molar-refractivity contribution in [3.8, 4) is 11.5 Å². The van der Waals surface area contributed by atoms with Crippen LogP contribution in [0, 0.1) is 6.92 Å². The molecule has 5 heteroatoms. The van der Waals surface area contributed by atoms with Crippen LogP contribution in [0.1, 0.15) is 30.8 Å². The molecule has 2 heterocycles. The summed E-state index contributed by atoms with van der Waals surface area (Å²) in [6.07, 6.45) is 4.29. The Bertz CT molecular complexity index is 608. The van der Waals surface area contributed by atoms with E-state index in [0.717, 1.165) is 36.5 Å².